The van der Waals surface area contributed by atoms with E-state index in [9.17, 15) is 17.6 Å². The molecule has 0 bridgehead atoms. The zero-order chi connectivity index (χ0) is 23.8. The lowest BCUT2D eigenvalue weighted by atomic mass is 9.78. The van der Waals surface area contributed by atoms with Crippen molar-refractivity contribution < 1.29 is 22.3 Å². The molecule has 0 atom stereocenters. The Kier molecular flexibility index (Phi) is 8.77. The minimum atomic E-state index is -3.76. The minimum Gasteiger partial charge on any atom is -0.429 e. The number of aryl methyl sites for hydroxylation is 1. The molecule has 2 aromatic carbocycles. The Bertz CT molecular complexity index is 921. The first-order valence-corrected chi connectivity index (χ1v) is 11.9. The lowest BCUT2D eigenvalue weighted by Gasteiger charge is -2.28. The average Bonchev–Trinajstić information content (AvgIpc) is 2.78. The van der Waals surface area contributed by atoms with Crippen molar-refractivity contribution in [3.8, 4) is 11.8 Å². The Hall–Kier alpha value is -2.55. The highest BCUT2D eigenvalue weighted by Gasteiger charge is 2.35. The quantitative estimate of drug-likeness (QED) is 0.263. The Morgan fingerprint density at radius 2 is 1.52 bits per heavy atom. The molecule has 2 aromatic rings. The van der Waals surface area contributed by atoms with Crippen molar-refractivity contribution in [3.05, 3.63) is 64.7 Å². The normalized spacial score (nSPS) is 18.7. The SMILES string of the molecule is CCCCC[C@H]1CC[C@H](CCc2ccc(C(F)(F)Oc3cc(F)c(C#N)c(F)c3)cc2)CC1. The number of benzene rings is 2. The van der Waals surface area contributed by atoms with Gasteiger partial charge in [0, 0.05) is 12.1 Å². The van der Waals surface area contributed by atoms with Gasteiger partial charge < -0.3 is 4.74 Å². The summed E-state index contributed by atoms with van der Waals surface area (Å²) in [5.74, 6) is -1.60. The summed E-state index contributed by atoms with van der Waals surface area (Å²) in [5, 5.41) is 8.69. The zero-order valence-corrected chi connectivity index (χ0v) is 19.1. The molecule has 0 amide bonds. The molecular formula is C27H31F4NO. The van der Waals surface area contributed by atoms with E-state index in [4.69, 9.17) is 5.26 Å². The average molecular weight is 462 g/mol. The van der Waals surface area contributed by atoms with Crippen LogP contribution in [0, 0.1) is 34.8 Å². The van der Waals surface area contributed by atoms with Crippen molar-refractivity contribution in [1.29, 1.82) is 5.26 Å². The predicted octanol–water partition coefficient (Wildman–Crippen LogP) is 8.28. The van der Waals surface area contributed by atoms with Crippen LogP contribution in [0.5, 0.6) is 5.75 Å². The molecule has 1 fully saturated rings. The van der Waals surface area contributed by atoms with E-state index >= 15 is 0 Å². The van der Waals surface area contributed by atoms with Gasteiger partial charge in [0.2, 0.25) is 0 Å². The molecule has 0 radical (unpaired) electrons. The van der Waals surface area contributed by atoms with E-state index in [2.05, 4.69) is 11.7 Å². The third-order valence-corrected chi connectivity index (χ3v) is 6.69. The molecule has 0 aliphatic heterocycles. The Morgan fingerprint density at radius 1 is 0.939 bits per heavy atom. The van der Waals surface area contributed by atoms with E-state index in [-0.39, 0.29) is 0 Å². The Morgan fingerprint density at radius 3 is 2.06 bits per heavy atom. The number of hydrogen-bond acceptors (Lipinski definition) is 2. The highest BCUT2D eigenvalue weighted by molar-refractivity contribution is 5.38. The highest BCUT2D eigenvalue weighted by atomic mass is 19.3. The van der Waals surface area contributed by atoms with Crippen molar-refractivity contribution in [2.45, 2.75) is 77.2 Å². The molecule has 0 saturated heterocycles. The lowest BCUT2D eigenvalue weighted by Crippen LogP contribution is -2.22. The van der Waals surface area contributed by atoms with Gasteiger partial charge in [-0.3, -0.25) is 0 Å². The molecule has 33 heavy (non-hydrogen) atoms. The summed E-state index contributed by atoms with van der Waals surface area (Å²) in [6.45, 7) is 2.23. The summed E-state index contributed by atoms with van der Waals surface area (Å²) >= 11 is 0. The first-order chi connectivity index (χ1) is 15.8. The van der Waals surface area contributed by atoms with E-state index < -0.39 is 34.6 Å². The fourth-order valence-corrected chi connectivity index (χ4v) is 4.65. The molecule has 1 aliphatic rings. The van der Waals surface area contributed by atoms with Crippen molar-refractivity contribution in [1.82, 2.24) is 0 Å². The predicted molar refractivity (Wildman–Crippen MR) is 120 cm³/mol. The third kappa shape index (κ3) is 6.96. The maximum absolute atomic E-state index is 14.5. The molecule has 0 aromatic heterocycles. The van der Waals surface area contributed by atoms with Crippen LogP contribution in [0.15, 0.2) is 36.4 Å². The van der Waals surface area contributed by atoms with Gasteiger partial charge in [-0.25, -0.2) is 8.78 Å². The van der Waals surface area contributed by atoms with Crippen LogP contribution < -0.4 is 4.74 Å². The van der Waals surface area contributed by atoms with Gasteiger partial charge in [-0.15, -0.1) is 0 Å². The molecule has 0 spiro atoms. The van der Waals surface area contributed by atoms with Gasteiger partial charge in [-0.2, -0.15) is 14.0 Å². The third-order valence-electron chi connectivity index (χ3n) is 6.69. The molecule has 0 heterocycles. The number of hydrogen-bond donors (Lipinski definition) is 0. The highest BCUT2D eigenvalue weighted by Crippen LogP contribution is 2.35. The zero-order valence-electron chi connectivity index (χ0n) is 19.1. The Labute approximate surface area is 193 Å². The fourth-order valence-electron chi connectivity index (χ4n) is 4.65. The van der Waals surface area contributed by atoms with E-state index in [1.54, 1.807) is 12.1 Å². The number of nitriles is 1. The van der Waals surface area contributed by atoms with E-state index in [1.807, 2.05) is 0 Å². The van der Waals surface area contributed by atoms with Gasteiger partial charge in [-0.1, -0.05) is 70.4 Å². The molecule has 1 aliphatic carbocycles. The molecular weight excluding hydrogens is 430 g/mol. The topological polar surface area (TPSA) is 33.0 Å². The van der Waals surface area contributed by atoms with E-state index in [0.717, 1.165) is 24.3 Å². The summed E-state index contributed by atoms with van der Waals surface area (Å²) in [5.41, 5.74) is -0.251. The summed E-state index contributed by atoms with van der Waals surface area (Å²) in [6.07, 6.45) is 8.49. The van der Waals surface area contributed by atoms with Gasteiger partial charge in [0.05, 0.1) is 5.56 Å². The van der Waals surface area contributed by atoms with Crippen molar-refractivity contribution >= 4 is 0 Å². The number of nitrogens with zero attached hydrogens (tertiary/aromatic N) is 1. The number of rotatable bonds is 10. The molecule has 3 rings (SSSR count). The minimum absolute atomic E-state index is 0.399. The van der Waals surface area contributed by atoms with Crippen molar-refractivity contribution in [2.75, 3.05) is 0 Å². The maximum atomic E-state index is 14.5. The van der Waals surface area contributed by atoms with E-state index in [1.165, 1.54) is 69.6 Å². The monoisotopic (exact) mass is 461 g/mol. The van der Waals surface area contributed by atoms with Crippen LogP contribution in [0.2, 0.25) is 0 Å². The molecule has 1 saturated carbocycles. The molecule has 0 N–H and O–H groups in total. The maximum Gasteiger partial charge on any atom is 0.426 e. The molecule has 6 heteroatoms. The number of halogens is 4. The molecule has 0 unspecified atom stereocenters. The lowest BCUT2D eigenvalue weighted by molar-refractivity contribution is -0.185. The molecule has 2 nitrogen and oxygen atoms in total. The van der Waals surface area contributed by atoms with Crippen LogP contribution in [0.4, 0.5) is 17.6 Å². The summed E-state index contributed by atoms with van der Waals surface area (Å²) in [4.78, 5) is 0. The van der Waals surface area contributed by atoms with Gasteiger partial charge in [-0.05, 0) is 42.4 Å². The largest absolute Gasteiger partial charge is 0.429 e. The Balaban J connectivity index is 1.51. The number of alkyl halides is 2. The second-order valence-corrected chi connectivity index (χ2v) is 9.11. The second-order valence-electron chi connectivity index (χ2n) is 9.11. The van der Waals surface area contributed by atoms with Crippen LogP contribution in [-0.2, 0) is 12.5 Å². The number of unbranched alkanes of at least 4 members (excludes halogenated alkanes) is 2. The van der Waals surface area contributed by atoms with Crippen LogP contribution in [0.25, 0.3) is 0 Å². The van der Waals surface area contributed by atoms with Gasteiger partial charge >= 0.3 is 6.11 Å². The summed E-state index contributed by atoms with van der Waals surface area (Å²) in [7, 11) is 0. The van der Waals surface area contributed by atoms with Crippen LogP contribution >= 0.6 is 0 Å². The van der Waals surface area contributed by atoms with Crippen molar-refractivity contribution in [2.24, 2.45) is 11.8 Å². The summed E-state index contributed by atoms with van der Waals surface area (Å²) < 4.78 is 61.0. The van der Waals surface area contributed by atoms with Crippen molar-refractivity contribution in [3.63, 3.8) is 0 Å². The first kappa shape index (κ1) is 25.1. The second kappa shape index (κ2) is 11.5. The van der Waals surface area contributed by atoms with Gasteiger partial charge in [0.1, 0.15) is 29.0 Å². The van der Waals surface area contributed by atoms with Crippen LogP contribution in [-0.4, -0.2) is 0 Å². The standard InChI is InChI=1S/C27H31F4NO/c1-2-3-4-5-19-6-8-20(9-7-19)10-11-21-12-14-22(15-13-21)27(30,31)33-23-16-25(28)24(18-32)26(29)17-23/h12-17,19-20H,2-11H2,1H3/t19-,20-. The molecule has 178 valence electrons. The van der Waals surface area contributed by atoms with Gasteiger partial charge in [0.25, 0.3) is 0 Å². The number of ether oxygens (including phenoxy) is 1. The van der Waals surface area contributed by atoms with E-state index in [0.29, 0.717) is 18.1 Å². The first-order valence-electron chi connectivity index (χ1n) is 11.9. The summed E-state index contributed by atoms with van der Waals surface area (Å²) in [6, 6.07) is 8.41. The van der Waals surface area contributed by atoms with Crippen LogP contribution in [0.1, 0.15) is 81.4 Å². The van der Waals surface area contributed by atoms with Crippen LogP contribution in [0.3, 0.4) is 0 Å². The fraction of sp³-hybridized carbons (Fsp3) is 0.519. The van der Waals surface area contributed by atoms with Gasteiger partial charge in [0.15, 0.2) is 0 Å². The smallest absolute Gasteiger partial charge is 0.426 e.